The number of rotatable bonds is 8. The molecule has 1 aliphatic heterocycles. The van der Waals surface area contributed by atoms with E-state index in [4.69, 9.17) is 14.2 Å². The quantitative estimate of drug-likeness (QED) is 0.291. The van der Waals surface area contributed by atoms with E-state index in [-0.39, 0.29) is 16.9 Å². The molecule has 0 radical (unpaired) electrons. The summed E-state index contributed by atoms with van der Waals surface area (Å²) in [7, 11) is 1.52. The number of amides is 1. The molecule has 1 N–H and O–H groups in total. The Balaban J connectivity index is 1.93. The van der Waals surface area contributed by atoms with Crippen molar-refractivity contribution in [3.8, 4) is 17.2 Å². The third kappa shape index (κ3) is 4.55. The molecule has 8 heteroatoms. The number of aliphatic hydroxyl groups excluding tert-OH is 1. The first-order chi connectivity index (χ1) is 17.0. The summed E-state index contributed by atoms with van der Waals surface area (Å²) < 4.78 is 16.6. The lowest BCUT2D eigenvalue weighted by molar-refractivity contribution is -0.132. The van der Waals surface area contributed by atoms with Crippen LogP contribution in [0.1, 0.15) is 31.0 Å². The summed E-state index contributed by atoms with van der Waals surface area (Å²) in [5.41, 5.74) is 1.32. The van der Waals surface area contributed by atoms with Crippen LogP contribution in [-0.2, 0) is 9.59 Å². The van der Waals surface area contributed by atoms with Gasteiger partial charge in [-0.15, -0.1) is 0 Å². The average Bonchev–Trinajstić information content (AvgIpc) is 3.15. The van der Waals surface area contributed by atoms with Crippen molar-refractivity contribution < 1.29 is 28.9 Å². The number of carbonyl (C=O) groups is 2. The molecule has 2 heterocycles. The lowest BCUT2D eigenvalue weighted by Crippen LogP contribution is -2.29. The van der Waals surface area contributed by atoms with E-state index < -0.39 is 17.7 Å². The monoisotopic (exact) mass is 474 g/mol. The first kappa shape index (κ1) is 23.8. The van der Waals surface area contributed by atoms with Crippen molar-refractivity contribution in [2.24, 2.45) is 0 Å². The zero-order chi connectivity index (χ0) is 24.9. The highest BCUT2D eigenvalue weighted by Crippen LogP contribution is 2.44. The van der Waals surface area contributed by atoms with Gasteiger partial charge in [-0.25, -0.2) is 0 Å². The number of hydrogen-bond acceptors (Lipinski definition) is 7. The summed E-state index contributed by atoms with van der Waals surface area (Å²) >= 11 is 0. The maximum absolute atomic E-state index is 13.4. The molecule has 1 aromatic heterocycles. The molecule has 180 valence electrons. The predicted molar refractivity (Wildman–Crippen MR) is 131 cm³/mol. The molecule has 4 rings (SSSR count). The van der Waals surface area contributed by atoms with Crippen molar-refractivity contribution in [3.05, 3.63) is 83.7 Å². The molecule has 1 unspecified atom stereocenters. The molecule has 1 atom stereocenters. The van der Waals surface area contributed by atoms with Gasteiger partial charge < -0.3 is 19.3 Å². The zero-order valence-corrected chi connectivity index (χ0v) is 19.7. The van der Waals surface area contributed by atoms with Gasteiger partial charge in [0.05, 0.1) is 37.5 Å². The minimum atomic E-state index is -0.883. The van der Waals surface area contributed by atoms with Crippen molar-refractivity contribution >= 4 is 23.1 Å². The average molecular weight is 475 g/mol. The Morgan fingerprint density at radius 2 is 1.71 bits per heavy atom. The fourth-order valence-corrected chi connectivity index (χ4v) is 4.10. The molecule has 2 aromatic carbocycles. The smallest absolute Gasteiger partial charge is 0.300 e. The number of nitrogens with zero attached hydrogens (tertiary/aromatic N) is 2. The van der Waals surface area contributed by atoms with E-state index in [1.807, 2.05) is 13.8 Å². The fourth-order valence-electron chi connectivity index (χ4n) is 4.10. The van der Waals surface area contributed by atoms with E-state index in [1.54, 1.807) is 67.0 Å². The molecule has 35 heavy (non-hydrogen) atoms. The van der Waals surface area contributed by atoms with Crippen LogP contribution in [0, 0.1) is 0 Å². The maximum Gasteiger partial charge on any atom is 0.300 e. The summed E-state index contributed by atoms with van der Waals surface area (Å²) in [5, 5.41) is 11.5. The highest BCUT2D eigenvalue weighted by Gasteiger charge is 2.47. The molecule has 1 fully saturated rings. The van der Waals surface area contributed by atoms with E-state index in [2.05, 4.69) is 4.98 Å². The summed E-state index contributed by atoms with van der Waals surface area (Å²) in [4.78, 5) is 32.1. The normalized spacial score (nSPS) is 16.9. The van der Waals surface area contributed by atoms with Gasteiger partial charge >= 0.3 is 0 Å². The van der Waals surface area contributed by atoms with Crippen LogP contribution in [0.4, 0.5) is 5.69 Å². The van der Waals surface area contributed by atoms with Gasteiger partial charge in [-0.2, -0.15) is 0 Å². The van der Waals surface area contributed by atoms with Crippen LogP contribution >= 0.6 is 0 Å². The van der Waals surface area contributed by atoms with Gasteiger partial charge in [-0.05, 0) is 55.8 Å². The lowest BCUT2D eigenvalue weighted by Gasteiger charge is -2.25. The molecule has 3 aromatic rings. The number of ketones is 1. The molecule has 1 amide bonds. The molecule has 0 saturated carbocycles. The lowest BCUT2D eigenvalue weighted by atomic mass is 9.95. The Morgan fingerprint density at radius 3 is 2.40 bits per heavy atom. The Morgan fingerprint density at radius 1 is 0.971 bits per heavy atom. The molecule has 0 spiro atoms. The van der Waals surface area contributed by atoms with Crippen LogP contribution in [0.25, 0.3) is 5.76 Å². The van der Waals surface area contributed by atoms with E-state index in [1.165, 1.54) is 12.0 Å². The maximum atomic E-state index is 13.4. The summed E-state index contributed by atoms with van der Waals surface area (Å²) in [5.74, 6) is -0.453. The minimum absolute atomic E-state index is 0.0471. The summed E-state index contributed by atoms with van der Waals surface area (Å²) in [6.07, 6.45) is 3.15. The van der Waals surface area contributed by atoms with Crippen molar-refractivity contribution in [3.63, 3.8) is 0 Å². The molecular formula is C27H26N2O6. The second kappa shape index (κ2) is 10.3. The van der Waals surface area contributed by atoms with Gasteiger partial charge in [-0.1, -0.05) is 6.07 Å². The second-order valence-electron chi connectivity index (χ2n) is 7.68. The fraction of sp³-hybridized carbons (Fsp3) is 0.222. The Labute approximate surface area is 203 Å². The number of pyridine rings is 1. The zero-order valence-electron chi connectivity index (χ0n) is 19.7. The third-order valence-electron chi connectivity index (χ3n) is 5.62. The van der Waals surface area contributed by atoms with E-state index in [0.717, 1.165) is 0 Å². The molecule has 1 aliphatic rings. The Hall–Kier alpha value is -4.33. The van der Waals surface area contributed by atoms with E-state index in [9.17, 15) is 14.7 Å². The van der Waals surface area contributed by atoms with Gasteiger partial charge in [0.25, 0.3) is 11.7 Å². The van der Waals surface area contributed by atoms with Gasteiger partial charge in [0, 0.05) is 30.2 Å². The number of anilines is 1. The molecule has 1 saturated heterocycles. The van der Waals surface area contributed by atoms with Gasteiger partial charge in [0.15, 0.2) is 0 Å². The van der Waals surface area contributed by atoms with Crippen LogP contribution in [0.15, 0.2) is 72.6 Å². The molecule has 0 bridgehead atoms. The van der Waals surface area contributed by atoms with E-state index in [0.29, 0.717) is 41.7 Å². The summed E-state index contributed by atoms with van der Waals surface area (Å²) in [6.45, 7) is 4.48. The van der Waals surface area contributed by atoms with Crippen LogP contribution in [0.2, 0.25) is 0 Å². The molecule has 8 nitrogen and oxygen atoms in total. The van der Waals surface area contributed by atoms with Gasteiger partial charge in [0.2, 0.25) is 0 Å². The number of Topliss-reactive ketones (excluding diaryl/α,β-unsaturated/α-hetero) is 1. The highest BCUT2D eigenvalue weighted by atomic mass is 16.5. The standard InChI is InChI=1S/C27H26N2O6/c1-4-34-20-9-10-21(22(16-20)35-5-2)25(30)23-24(17-11-13-28-14-12-17)29(27(32)26(23)31)18-7-6-8-19(15-18)33-3/h6-16,24,30H,4-5H2,1-3H3/b25-23-. The topological polar surface area (TPSA) is 98.2 Å². The first-order valence-electron chi connectivity index (χ1n) is 11.2. The van der Waals surface area contributed by atoms with Crippen LogP contribution in [0.3, 0.4) is 0 Å². The van der Waals surface area contributed by atoms with Crippen molar-refractivity contribution in [1.82, 2.24) is 4.98 Å². The predicted octanol–water partition coefficient (Wildman–Crippen LogP) is 4.51. The van der Waals surface area contributed by atoms with Crippen LogP contribution in [-0.4, -0.2) is 42.1 Å². The number of aromatic nitrogens is 1. The highest BCUT2D eigenvalue weighted by molar-refractivity contribution is 6.51. The number of methoxy groups -OCH3 is 1. The number of aliphatic hydroxyl groups is 1. The van der Waals surface area contributed by atoms with Crippen LogP contribution < -0.4 is 19.1 Å². The van der Waals surface area contributed by atoms with Crippen molar-refractivity contribution in [2.45, 2.75) is 19.9 Å². The van der Waals surface area contributed by atoms with Gasteiger partial charge in [0.1, 0.15) is 23.0 Å². The number of ether oxygens (including phenoxy) is 3. The third-order valence-corrected chi connectivity index (χ3v) is 5.62. The Kier molecular flexibility index (Phi) is 7.01. The minimum Gasteiger partial charge on any atom is -0.507 e. The number of benzene rings is 2. The van der Waals surface area contributed by atoms with Crippen molar-refractivity contribution in [2.75, 3.05) is 25.2 Å². The number of hydrogen-bond donors (Lipinski definition) is 1. The second-order valence-corrected chi connectivity index (χ2v) is 7.68. The summed E-state index contributed by atoms with van der Waals surface area (Å²) in [6, 6.07) is 14.3. The Bertz CT molecular complexity index is 1270. The largest absolute Gasteiger partial charge is 0.507 e. The van der Waals surface area contributed by atoms with E-state index >= 15 is 0 Å². The number of carbonyl (C=O) groups excluding carboxylic acids is 2. The first-order valence-corrected chi connectivity index (χ1v) is 11.2. The molecule has 0 aliphatic carbocycles. The SMILES string of the molecule is CCOc1ccc(/C(O)=C2/C(=O)C(=O)N(c3cccc(OC)c3)C2c2ccncc2)c(OCC)c1. The van der Waals surface area contributed by atoms with Gasteiger partial charge in [-0.3, -0.25) is 19.5 Å². The van der Waals surface area contributed by atoms with Crippen molar-refractivity contribution in [1.29, 1.82) is 0 Å². The van der Waals surface area contributed by atoms with Crippen LogP contribution in [0.5, 0.6) is 17.2 Å². The molecular weight excluding hydrogens is 448 g/mol.